The van der Waals surface area contributed by atoms with Crippen LogP contribution in [0.1, 0.15) is 31.7 Å². The predicted molar refractivity (Wildman–Crippen MR) is 130 cm³/mol. The number of primary amides is 1. The van der Waals surface area contributed by atoms with Crippen molar-refractivity contribution in [3.8, 4) is 0 Å². The molecule has 10 N–H and O–H groups in total. The summed E-state index contributed by atoms with van der Waals surface area (Å²) in [5.74, 6) is -6.04. The molecule has 0 saturated carbocycles. The Balaban J connectivity index is 2.25. The molecular weight excluding hydrogens is 488 g/mol. The lowest BCUT2D eigenvalue weighted by atomic mass is 10.0. The van der Waals surface area contributed by atoms with Crippen LogP contribution in [0.3, 0.4) is 0 Å². The van der Waals surface area contributed by atoms with E-state index in [4.69, 9.17) is 21.7 Å². The molecule has 0 aliphatic carbocycles. The molecule has 0 saturated heterocycles. The number of carboxylic acid groups (broad SMARTS) is 2. The second kappa shape index (κ2) is 13.0. The second-order valence-corrected chi connectivity index (χ2v) is 8.46. The molecule has 200 valence electrons. The molecule has 0 aliphatic heterocycles. The summed E-state index contributed by atoms with van der Waals surface area (Å²) in [6.07, 6.45) is 0.349. The van der Waals surface area contributed by atoms with Gasteiger partial charge in [-0.25, -0.2) is 0 Å². The number of aromatic nitrogens is 1. The molecule has 1 heterocycles. The highest BCUT2D eigenvalue weighted by atomic mass is 16.4. The van der Waals surface area contributed by atoms with E-state index in [1.807, 2.05) is 6.07 Å². The summed E-state index contributed by atoms with van der Waals surface area (Å²) in [6.45, 7) is 1.25. The first-order chi connectivity index (χ1) is 17.4. The zero-order chi connectivity index (χ0) is 27.7. The Morgan fingerprint density at radius 2 is 1.57 bits per heavy atom. The smallest absolute Gasteiger partial charge is 0.325 e. The average molecular weight is 519 g/mol. The van der Waals surface area contributed by atoms with Crippen LogP contribution in [-0.4, -0.2) is 74.9 Å². The van der Waals surface area contributed by atoms with Gasteiger partial charge >= 0.3 is 11.9 Å². The van der Waals surface area contributed by atoms with E-state index < -0.39 is 72.6 Å². The number of benzene rings is 1. The highest BCUT2D eigenvalue weighted by Crippen LogP contribution is 2.19. The fourth-order valence-corrected chi connectivity index (χ4v) is 3.48. The van der Waals surface area contributed by atoms with Crippen LogP contribution in [-0.2, 0) is 35.2 Å². The molecule has 4 amide bonds. The number of hydrogen-bond acceptors (Lipinski definition) is 7. The van der Waals surface area contributed by atoms with Gasteiger partial charge in [0, 0.05) is 29.9 Å². The lowest BCUT2D eigenvalue weighted by Crippen LogP contribution is -2.58. The number of carbonyl (C=O) groups is 6. The van der Waals surface area contributed by atoms with E-state index in [2.05, 4.69) is 20.9 Å². The molecule has 4 atom stereocenters. The SMILES string of the molecule is CC(NC(=O)C(Cc1c[nH]c2ccccc12)NC(=O)C(CC(N)=O)NC(=O)C(N)CCC(=O)O)C(=O)O. The zero-order valence-electron chi connectivity index (χ0n) is 20.0. The molecule has 0 fully saturated rings. The first-order valence-corrected chi connectivity index (χ1v) is 11.3. The minimum atomic E-state index is -1.52. The van der Waals surface area contributed by atoms with Crippen molar-refractivity contribution in [2.24, 2.45) is 11.5 Å². The molecule has 14 heteroatoms. The Kier molecular flexibility index (Phi) is 10.1. The van der Waals surface area contributed by atoms with Crippen molar-refractivity contribution in [1.29, 1.82) is 0 Å². The van der Waals surface area contributed by atoms with Crippen LogP contribution < -0.4 is 27.4 Å². The summed E-state index contributed by atoms with van der Waals surface area (Å²) in [7, 11) is 0. The summed E-state index contributed by atoms with van der Waals surface area (Å²) in [5.41, 5.74) is 12.3. The van der Waals surface area contributed by atoms with Crippen LogP contribution in [0.5, 0.6) is 0 Å². The number of nitrogens with one attached hydrogen (secondary N) is 4. The van der Waals surface area contributed by atoms with Crippen LogP contribution >= 0.6 is 0 Å². The molecule has 4 unspecified atom stereocenters. The Bertz CT molecular complexity index is 1180. The van der Waals surface area contributed by atoms with Crippen LogP contribution in [0.4, 0.5) is 0 Å². The number of rotatable bonds is 14. The number of nitrogens with two attached hydrogens (primary N) is 2. The number of fused-ring (bicyclic) bond motifs is 1. The standard InChI is InChI=1S/C23H30N6O8/c1-11(23(36)37)27-21(34)16(8-12-10-26-15-5-3-2-4-13(12)15)29-22(35)17(9-18(25)30)28-20(33)14(24)6-7-19(31)32/h2-5,10-11,14,16-17,26H,6-9,24H2,1H3,(H2,25,30)(H,27,34)(H,28,33)(H,29,35)(H,31,32)(H,36,37). The lowest BCUT2D eigenvalue weighted by molar-refractivity contribution is -0.142. The zero-order valence-corrected chi connectivity index (χ0v) is 20.0. The molecule has 0 spiro atoms. The van der Waals surface area contributed by atoms with Crippen LogP contribution in [0, 0.1) is 0 Å². The number of aliphatic carboxylic acids is 2. The monoisotopic (exact) mass is 518 g/mol. The fourth-order valence-electron chi connectivity index (χ4n) is 3.48. The number of aromatic amines is 1. The van der Waals surface area contributed by atoms with Gasteiger partial charge in [-0.1, -0.05) is 18.2 Å². The Hall–Kier alpha value is -4.46. The first kappa shape index (κ1) is 28.8. The Morgan fingerprint density at radius 3 is 2.19 bits per heavy atom. The van der Waals surface area contributed by atoms with Gasteiger partial charge in [0.1, 0.15) is 18.1 Å². The van der Waals surface area contributed by atoms with Crippen LogP contribution in [0.25, 0.3) is 10.9 Å². The minimum absolute atomic E-state index is 0.0523. The molecule has 1 aromatic heterocycles. The van der Waals surface area contributed by atoms with Crippen molar-refractivity contribution >= 4 is 46.5 Å². The third-order valence-electron chi connectivity index (χ3n) is 5.51. The normalized spacial score (nSPS) is 14.1. The molecule has 0 aliphatic rings. The van der Waals surface area contributed by atoms with Gasteiger partial charge in [0.05, 0.1) is 12.5 Å². The maximum atomic E-state index is 13.1. The molecule has 1 aromatic carbocycles. The van der Waals surface area contributed by atoms with E-state index in [1.165, 1.54) is 6.92 Å². The third kappa shape index (κ3) is 8.61. The average Bonchev–Trinajstić information content (AvgIpc) is 3.23. The topological polar surface area (TPSA) is 247 Å². The Labute approximate surface area is 211 Å². The van der Waals surface area contributed by atoms with E-state index in [9.17, 15) is 28.8 Å². The summed E-state index contributed by atoms with van der Waals surface area (Å²) < 4.78 is 0. The summed E-state index contributed by atoms with van der Waals surface area (Å²) in [4.78, 5) is 74.9. The highest BCUT2D eigenvalue weighted by molar-refractivity contribution is 5.96. The van der Waals surface area contributed by atoms with Crippen molar-refractivity contribution in [3.63, 3.8) is 0 Å². The molecule has 37 heavy (non-hydrogen) atoms. The van der Waals surface area contributed by atoms with Crippen LogP contribution in [0.2, 0.25) is 0 Å². The molecule has 2 rings (SSSR count). The van der Waals surface area contributed by atoms with Gasteiger partial charge in [-0.15, -0.1) is 0 Å². The summed E-state index contributed by atoms with van der Waals surface area (Å²) >= 11 is 0. The predicted octanol–water partition coefficient (Wildman–Crippen LogP) is -1.66. The van der Waals surface area contributed by atoms with Gasteiger partial charge in [0.25, 0.3) is 0 Å². The van der Waals surface area contributed by atoms with Gasteiger partial charge in [-0.3, -0.25) is 28.8 Å². The number of hydrogen-bond donors (Lipinski definition) is 8. The van der Waals surface area contributed by atoms with E-state index in [-0.39, 0.29) is 12.8 Å². The van der Waals surface area contributed by atoms with Gasteiger partial charge in [-0.2, -0.15) is 0 Å². The van der Waals surface area contributed by atoms with E-state index in [1.54, 1.807) is 24.4 Å². The number of H-pyrrole nitrogens is 1. The van der Waals surface area contributed by atoms with Crippen LogP contribution in [0.15, 0.2) is 30.5 Å². The van der Waals surface area contributed by atoms with Crippen molar-refractivity contribution in [3.05, 3.63) is 36.0 Å². The quantitative estimate of drug-likeness (QED) is 0.142. The van der Waals surface area contributed by atoms with Crippen molar-refractivity contribution in [1.82, 2.24) is 20.9 Å². The number of carbonyl (C=O) groups excluding carboxylic acids is 4. The van der Waals surface area contributed by atoms with Crippen molar-refractivity contribution in [2.75, 3.05) is 0 Å². The van der Waals surface area contributed by atoms with E-state index in [0.717, 1.165) is 10.9 Å². The number of carboxylic acids is 2. The fraction of sp³-hybridized carbons (Fsp3) is 0.391. The first-order valence-electron chi connectivity index (χ1n) is 11.3. The third-order valence-corrected chi connectivity index (χ3v) is 5.51. The largest absolute Gasteiger partial charge is 0.481 e. The molecule has 2 aromatic rings. The maximum absolute atomic E-state index is 13.1. The van der Waals surface area contributed by atoms with Gasteiger partial charge < -0.3 is 42.6 Å². The van der Waals surface area contributed by atoms with Gasteiger partial charge in [0.15, 0.2) is 0 Å². The number of amides is 4. The second-order valence-electron chi connectivity index (χ2n) is 8.46. The minimum Gasteiger partial charge on any atom is -0.481 e. The van der Waals surface area contributed by atoms with E-state index in [0.29, 0.717) is 5.56 Å². The molecule has 0 radical (unpaired) electrons. The molecule has 0 bridgehead atoms. The van der Waals surface area contributed by atoms with Gasteiger partial charge in [-0.05, 0) is 25.0 Å². The van der Waals surface area contributed by atoms with Crippen molar-refractivity contribution < 1.29 is 39.0 Å². The Morgan fingerprint density at radius 1 is 0.946 bits per heavy atom. The van der Waals surface area contributed by atoms with Crippen molar-refractivity contribution in [2.45, 2.75) is 56.8 Å². The number of para-hydroxylation sites is 1. The maximum Gasteiger partial charge on any atom is 0.325 e. The molecular formula is C23H30N6O8. The van der Waals surface area contributed by atoms with Gasteiger partial charge in [0.2, 0.25) is 23.6 Å². The summed E-state index contributed by atoms with van der Waals surface area (Å²) in [5, 5.41) is 25.7. The molecule has 14 nitrogen and oxygen atoms in total. The van der Waals surface area contributed by atoms with E-state index >= 15 is 0 Å². The highest BCUT2D eigenvalue weighted by Gasteiger charge is 2.31. The lowest BCUT2D eigenvalue weighted by Gasteiger charge is -2.24. The summed E-state index contributed by atoms with van der Waals surface area (Å²) in [6, 6.07) is 1.85.